The fourth-order valence-corrected chi connectivity index (χ4v) is 11.2. The monoisotopic (exact) mass is 588 g/mol. The van der Waals surface area contributed by atoms with E-state index in [4.69, 9.17) is 0 Å². The second-order valence-electron chi connectivity index (χ2n) is 15.5. The van der Waals surface area contributed by atoms with Crippen LogP contribution in [0.15, 0.2) is 103 Å². The molecule has 3 heterocycles. The molecule has 4 heteroatoms. The fraction of sp³-hybridized carbons (Fsp3) is 0.250. The van der Waals surface area contributed by atoms with Gasteiger partial charge in [-0.15, -0.1) is 0 Å². The molecule has 44 heavy (non-hydrogen) atoms. The van der Waals surface area contributed by atoms with Crippen LogP contribution in [-0.2, 0) is 10.8 Å². The largest absolute Gasteiger partial charge is 0.377 e. The highest BCUT2D eigenvalue weighted by Crippen LogP contribution is 2.45. The molecule has 1 aromatic heterocycles. The van der Waals surface area contributed by atoms with Gasteiger partial charge in [0.15, 0.2) is 0 Å². The maximum Gasteiger partial charge on any atom is 0.332 e. The van der Waals surface area contributed by atoms with Crippen LogP contribution in [0.5, 0.6) is 0 Å². The molecule has 0 radical (unpaired) electrons. The maximum absolute atomic E-state index is 2.80. The van der Waals surface area contributed by atoms with Gasteiger partial charge >= 0.3 is 6.85 Å². The molecule has 0 saturated carbocycles. The van der Waals surface area contributed by atoms with E-state index in [0.29, 0.717) is 0 Å². The van der Waals surface area contributed by atoms with Crippen LogP contribution in [0.3, 0.4) is 0 Å². The third-order valence-corrected chi connectivity index (χ3v) is 13.8. The average molecular weight is 589 g/mol. The Hall–Kier alpha value is -4.02. The standard InChI is InChI=1S/C40H41BN2Si/c1-39(2,3)28-18-14-24-34-37(28)43(38-29(40(4,5)6)19-15-25-35(38)44(34,7)8)41-30-20-10-12-23-33(30)42-32-22-11-9-16-26(32)27-17-13-21-31(41)36(27)42/h9-25H,1-8H3. The Morgan fingerprint density at radius 1 is 0.545 bits per heavy atom. The van der Waals surface area contributed by atoms with Gasteiger partial charge in [-0.2, -0.15) is 0 Å². The van der Waals surface area contributed by atoms with Gasteiger partial charge in [0.1, 0.15) is 8.07 Å². The summed E-state index contributed by atoms with van der Waals surface area (Å²) in [4.78, 5) is 2.80. The Morgan fingerprint density at radius 2 is 1.07 bits per heavy atom. The van der Waals surface area contributed by atoms with E-state index < -0.39 is 8.07 Å². The zero-order valence-electron chi connectivity index (χ0n) is 27.3. The van der Waals surface area contributed by atoms with Crippen molar-refractivity contribution >= 4 is 69.4 Å². The summed E-state index contributed by atoms with van der Waals surface area (Å²) in [5.74, 6) is 0. The van der Waals surface area contributed by atoms with Crippen LogP contribution in [0, 0.1) is 0 Å². The number of anilines is 2. The van der Waals surface area contributed by atoms with Crippen LogP contribution in [0.25, 0.3) is 27.5 Å². The zero-order chi connectivity index (χ0) is 30.8. The SMILES string of the molecule is CC(C)(C)c1cccc2c1N(B1c3ccccc3-n3c4ccccc4c4cccc1c43)c1c(C(C)(C)C)cccc1[Si]2(C)C. The van der Waals surface area contributed by atoms with Gasteiger partial charge in [0.2, 0.25) is 0 Å². The third kappa shape index (κ3) is 3.61. The first-order chi connectivity index (χ1) is 20.9. The lowest BCUT2D eigenvalue weighted by molar-refractivity contribution is 0.588. The fourth-order valence-electron chi connectivity index (χ4n) is 8.22. The van der Waals surface area contributed by atoms with Crippen molar-refractivity contribution in [1.82, 2.24) is 4.57 Å². The predicted molar refractivity (Wildman–Crippen MR) is 195 cm³/mol. The van der Waals surface area contributed by atoms with Crippen molar-refractivity contribution in [2.45, 2.75) is 65.5 Å². The summed E-state index contributed by atoms with van der Waals surface area (Å²) in [7, 11) is -2.06. The van der Waals surface area contributed by atoms with Crippen molar-refractivity contribution < 1.29 is 0 Å². The Kier molecular flexibility index (Phi) is 5.64. The molecule has 0 atom stereocenters. The summed E-state index contributed by atoms with van der Waals surface area (Å²) in [6.45, 7) is 19.5. The van der Waals surface area contributed by atoms with Crippen LogP contribution in [0.1, 0.15) is 52.7 Å². The molecule has 0 N–H and O–H groups in total. The summed E-state index contributed by atoms with van der Waals surface area (Å²) >= 11 is 0. The van der Waals surface area contributed by atoms with E-state index in [1.54, 1.807) is 10.4 Å². The molecule has 0 saturated heterocycles. The van der Waals surface area contributed by atoms with Gasteiger partial charge in [-0.05, 0) is 55.4 Å². The molecule has 8 rings (SSSR count). The molecule has 2 nitrogen and oxygen atoms in total. The molecule has 0 unspecified atom stereocenters. The Balaban J connectivity index is 1.58. The Bertz CT molecular complexity index is 2070. The van der Waals surface area contributed by atoms with Crippen molar-refractivity contribution in [3.63, 3.8) is 0 Å². The van der Waals surface area contributed by atoms with Gasteiger partial charge in [0.25, 0.3) is 0 Å². The van der Waals surface area contributed by atoms with Gasteiger partial charge in [0, 0.05) is 27.8 Å². The van der Waals surface area contributed by atoms with Crippen molar-refractivity contribution in [2.24, 2.45) is 0 Å². The minimum Gasteiger partial charge on any atom is -0.377 e. The molecule has 0 bridgehead atoms. The van der Waals surface area contributed by atoms with E-state index in [1.165, 1.54) is 60.9 Å². The molecule has 6 aromatic rings. The van der Waals surface area contributed by atoms with Gasteiger partial charge < -0.3 is 9.38 Å². The molecule has 0 amide bonds. The molecule has 5 aromatic carbocycles. The number of para-hydroxylation sites is 5. The predicted octanol–water partition coefficient (Wildman–Crippen LogP) is 7.77. The summed E-state index contributed by atoms with van der Waals surface area (Å²) in [5.41, 5.74) is 12.3. The lowest BCUT2D eigenvalue weighted by Gasteiger charge is -2.49. The van der Waals surface area contributed by atoms with E-state index in [1.807, 2.05) is 0 Å². The number of rotatable bonds is 1. The van der Waals surface area contributed by atoms with Gasteiger partial charge in [-0.25, -0.2) is 0 Å². The van der Waals surface area contributed by atoms with E-state index in [2.05, 4.69) is 167 Å². The second kappa shape index (κ2) is 9.01. The quantitative estimate of drug-likeness (QED) is 0.178. The van der Waals surface area contributed by atoms with E-state index >= 15 is 0 Å². The van der Waals surface area contributed by atoms with Crippen LogP contribution >= 0.6 is 0 Å². The lowest BCUT2D eigenvalue weighted by Crippen LogP contribution is -2.67. The van der Waals surface area contributed by atoms with Gasteiger partial charge in [0.05, 0.1) is 11.0 Å². The minimum atomic E-state index is -2.06. The number of aromatic nitrogens is 1. The van der Waals surface area contributed by atoms with Gasteiger partial charge in [-0.1, -0.05) is 146 Å². The summed E-state index contributed by atoms with van der Waals surface area (Å²) < 4.78 is 2.53. The molecular formula is C40H41BN2Si. The second-order valence-corrected chi connectivity index (χ2v) is 19.8. The normalized spacial score (nSPS) is 15.4. The molecule has 0 spiro atoms. The molecule has 0 aliphatic carbocycles. The highest BCUT2D eigenvalue weighted by molar-refractivity contribution is 7.04. The number of hydrogen-bond acceptors (Lipinski definition) is 1. The summed E-state index contributed by atoms with van der Waals surface area (Å²) in [6, 6.07) is 39.4. The van der Waals surface area contributed by atoms with Gasteiger partial charge in [-0.3, -0.25) is 0 Å². The first-order valence-corrected chi connectivity index (χ1v) is 19.1. The van der Waals surface area contributed by atoms with Crippen molar-refractivity contribution in [3.05, 3.63) is 114 Å². The van der Waals surface area contributed by atoms with E-state index in [9.17, 15) is 0 Å². The Labute approximate surface area is 263 Å². The molecular weight excluding hydrogens is 547 g/mol. The molecule has 2 aliphatic rings. The highest BCUT2D eigenvalue weighted by Gasteiger charge is 2.48. The lowest BCUT2D eigenvalue weighted by atomic mass is 9.46. The number of nitrogens with zero attached hydrogens (tertiary/aromatic N) is 2. The maximum atomic E-state index is 2.80. The third-order valence-electron chi connectivity index (χ3n) is 10.3. The van der Waals surface area contributed by atoms with Crippen molar-refractivity contribution in [2.75, 3.05) is 4.81 Å². The highest BCUT2D eigenvalue weighted by atomic mass is 28.3. The summed E-state index contributed by atoms with van der Waals surface area (Å²) in [6.07, 6.45) is 0. The number of fused-ring (bicyclic) bond motifs is 7. The molecule has 2 aliphatic heterocycles. The Morgan fingerprint density at radius 3 is 1.70 bits per heavy atom. The molecule has 0 fully saturated rings. The van der Waals surface area contributed by atoms with Crippen LogP contribution in [-0.4, -0.2) is 19.5 Å². The molecule has 218 valence electrons. The first-order valence-electron chi connectivity index (χ1n) is 16.1. The average Bonchev–Trinajstić information content (AvgIpc) is 3.33. The van der Waals surface area contributed by atoms with Crippen LogP contribution in [0.2, 0.25) is 13.1 Å². The zero-order valence-corrected chi connectivity index (χ0v) is 28.3. The first kappa shape index (κ1) is 27.5. The topological polar surface area (TPSA) is 8.17 Å². The van der Waals surface area contributed by atoms with E-state index in [-0.39, 0.29) is 17.7 Å². The van der Waals surface area contributed by atoms with E-state index in [0.717, 1.165) is 0 Å². The van der Waals surface area contributed by atoms with Crippen LogP contribution in [0.4, 0.5) is 11.4 Å². The van der Waals surface area contributed by atoms with Crippen LogP contribution < -0.4 is 26.1 Å². The smallest absolute Gasteiger partial charge is 0.332 e. The minimum absolute atomic E-state index is 0.0165. The summed E-state index contributed by atoms with van der Waals surface area (Å²) in [5, 5.41) is 5.73. The van der Waals surface area contributed by atoms with Crippen molar-refractivity contribution in [1.29, 1.82) is 0 Å². The number of hydrogen-bond donors (Lipinski definition) is 0. The van der Waals surface area contributed by atoms with Crippen molar-refractivity contribution in [3.8, 4) is 5.69 Å². The number of benzene rings is 5.